The number of ether oxygens (including phenoxy) is 1. The van der Waals surface area contributed by atoms with Crippen LogP contribution in [0.5, 0.6) is 0 Å². The fourth-order valence-electron chi connectivity index (χ4n) is 3.28. The molecular formula is C20H17AsFN3O2. The van der Waals surface area contributed by atoms with Gasteiger partial charge in [-0.1, -0.05) is 0 Å². The molecule has 1 aliphatic rings. The summed E-state index contributed by atoms with van der Waals surface area (Å²) in [6.07, 6.45) is 3.63. The first-order valence-electron chi connectivity index (χ1n) is 8.74. The van der Waals surface area contributed by atoms with E-state index in [1.807, 2.05) is 18.2 Å². The predicted octanol–water partition coefficient (Wildman–Crippen LogP) is 2.74. The van der Waals surface area contributed by atoms with Crippen LogP contribution in [0.4, 0.5) is 10.1 Å². The second kappa shape index (κ2) is 7.75. The van der Waals surface area contributed by atoms with Crippen LogP contribution in [-0.4, -0.2) is 45.4 Å². The Morgan fingerprint density at radius 2 is 2.11 bits per heavy atom. The fraction of sp³-hybridized carbons (Fsp3) is 0.250. The molecule has 0 bridgehead atoms. The van der Waals surface area contributed by atoms with E-state index in [-0.39, 0.29) is 18.4 Å². The predicted molar refractivity (Wildman–Crippen MR) is 103 cm³/mol. The molecule has 1 N–H and O–H groups in total. The summed E-state index contributed by atoms with van der Waals surface area (Å²) in [6.45, 7) is 0.700. The van der Waals surface area contributed by atoms with Gasteiger partial charge in [-0.3, -0.25) is 0 Å². The van der Waals surface area contributed by atoms with Gasteiger partial charge in [-0.25, -0.2) is 0 Å². The van der Waals surface area contributed by atoms with E-state index < -0.39 is 5.82 Å². The van der Waals surface area contributed by atoms with Crippen LogP contribution in [0.1, 0.15) is 19.3 Å². The molecule has 1 atom stereocenters. The van der Waals surface area contributed by atoms with Crippen molar-refractivity contribution >= 4 is 43.8 Å². The molecule has 1 fully saturated rings. The molecule has 1 amide bonds. The molecule has 3 aromatic rings. The molecule has 136 valence electrons. The van der Waals surface area contributed by atoms with E-state index in [1.165, 1.54) is 18.5 Å². The van der Waals surface area contributed by atoms with Crippen molar-refractivity contribution in [1.82, 2.24) is 9.97 Å². The Morgan fingerprint density at radius 3 is 2.93 bits per heavy atom. The number of hydrogen-bond donors (Lipinski definition) is 1. The molecule has 0 saturated carbocycles. The van der Waals surface area contributed by atoms with E-state index in [2.05, 4.69) is 32.1 Å². The Hall–Kier alpha value is -2.30. The second-order valence-electron chi connectivity index (χ2n) is 6.55. The van der Waals surface area contributed by atoms with Crippen LogP contribution >= 0.6 is 0 Å². The minimum atomic E-state index is -0.406. The first-order chi connectivity index (χ1) is 13.1. The summed E-state index contributed by atoms with van der Waals surface area (Å²) in [6, 6.07) is 10.2. The minimum absolute atomic E-state index is 0.0420. The van der Waals surface area contributed by atoms with E-state index in [0.717, 1.165) is 33.8 Å². The molecule has 1 aliphatic heterocycles. The quantitative estimate of drug-likeness (QED) is 0.653. The third-order valence-electron chi connectivity index (χ3n) is 4.57. The summed E-state index contributed by atoms with van der Waals surface area (Å²) < 4.78 is 20.4. The van der Waals surface area contributed by atoms with Gasteiger partial charge in [0.15, 0.2) is 0 Å². The number of amides is 1. The fourth-order valence-corrected chi connectivity index (χ4v) is 3.76. The van der Waals surface area contributed by atoms with Crippen molar-refractivity contribution in [3.8, 4) is 11.1 Å². The van der Waals surface area contributed by atoms with Crippen LogP contribution in [0.25, 0.3) is 22.0 Å². The second-order valence-corrected chi connectivity index (χ2v) is 7.43. The molecule has 7 heteroatoms. The average Bonchev–Trinajstić information content (AvgIpc) is 3.14. The number of fused-ring (bicyclic) bond motifs is 1. The molecule has 27 heavy (non-hydrogen) atoms. The Kier molecular flexibility index (Phi) is 5.19. The van der Waals surface area contributed by atoms with Gasteiger partial charge in [0.1, 0.15) is 0 Å². The zero-order valence-electron chi connectivity index (χ0n) is 14.5. The molecule has 2 heterocycles. The van der Waals surface area contributed by atoms with Crippen LogP contribution in [0.3, 0.4) is 0 Å². The number of anilines is 1. The number of aromatic nitrogens is 2. The Morgan fingerprint density at radius 1 is 1.22 bits per heavy atom. The molecule has 4 rings (SSSR count). The van der Waals surface area contributed by atoms with Crippen LogP contribution < -0.4 is 9.80 Å². The van der Waals surface area contributed by atoms with Crippen molar-refractivity contribution in [2.75, 3.05) is 11.9 Å². The van der Waals surface area contributed by atoms with Gasteiger partial charge in [0.05, 0.1) is 0 Å². The summed E-state index contributed by atoms with van der Waals surface area (Å²) in [4.78, 5) is 20.6. The zero-order valence-corrected chi connectivity index (χ0v) is 16.4. The molecule has 2 aromatic carbocycles. The van der Waals surface area contributed by atoms with E-state index in [4.69, 9.17) is 4.74 Å². The summed E-state index contributed by atoms with van der Waals surface area (Å²) in [5, 5.41) is 3.67. The SMILES string of the molecule is O=C(CC1CCCO1)Nc1cc(F)cc(-c2ccc3ncnc([As])c3c2)c1. The number of nitrogens with zero attached hydrogens (tertiary/aromatic N) is 2. The summed E-state index contributed by atoms with van der Waals surface area (Å²) in [5.41, 5.74) is 2.77. The third-order valence-corrected chi connectivity index (χ3v) is 5.31. The molecule has 1 saturated heterocycles. The third kappa shape index (κ3) is 4.17. The summed E-state index contributed by atoms with van der Waals surface area (Å²) in [5.74, 6) is -0.574. The van der Waals surface area contributed by atoms with Gasteiger partial charge in [0, 0.05) is 6.61 Å². The molecule has 1 aromatic heterocycles. The number of halogens is 1. The zero-order chi connectivity index (χ0) is 18.8. The molecular weight excluding hydrogens is 408 g/mol. The van der Waals surface area contributed by atoms with E-state index in [1.54, 1.807) is 6.07 Å². The van der Waals surface area contributed by atoms with Crippen molar-refractivity contribution in [1.29, 1.82) is 0 Å². The van der Waals surface area contributed by atoms with Gasteiger partial charge >= 0.3 is 152 Å². The standard InChI is InChI=1S/C20H17AsFN3O2/c21-20-17-8-12(3-4-18(17)23-11-24-20)13-6-14(22)9-15(7-13)25-19(26)10-16-2-1-5-27-16/h3-4,6-9,11,16H,1-2,5,10H2,(H,25,26). The van der Waals surface area contributed by atoms with Gasteiger partial charge < -0.3 is 0 Å². The van der Waals surface area contributed by atoms with Crippen molar-refractivity contribution in [2.45, 2.75) is 25.4 Å². The van der Waals surface area contributed by atoms with Crippen molar-refractivity contribution in [2.24, 2.45) is 0 Å². The number of carbonyl (C=O) groups is 1. The van der Waals surface area contributed by atoms with E-state index in [9.17, 15) is 9.18 Å². The topological polar surface area (TPSA) is 64.1 Å². The number of rotatable bonds is 4. The molecule has 0 spiro atoms. The van der Waals surface area contributed by atoms with Gasteiger partial charge in [0.2, 0.25) is 0 Å². The van der Waals surface area contributed by atoms with Crippen molar-refractivity contribution in [3.05, 3.63) is 48.5 Å². The van der Waals surface area contributed by atoms with E-state index >= 15 is 0 Å². The van der Waals surface area contributed by atoms with Crippen LogP contribution in [0.2, 0.25) is 0 Å². The van der Waals surface area contributed by atoms with Crippen LogP contribution in [0.15, 0.2) is 42.7 Å². The number of hydrogen-bond acceptors (Lipinski definition) is 4. The maximum absolute atomic E-state index is 14.2. The Bertz CT molecular complexity index is 1010. The first-order valence-corrected chi connectivity index (χ1v) is 9.68. The number of benzene rings is 2. The van der Waals surface area contributed by atoms with Gasteiger partial charge in [-0.2, -0.15) is 0 Å². The monoisotopic (exact) mass is 425 g/mol. The van der Waals surface area contributed by atoms with E-state index in [0.29, 0.717) is 17.9 Å². The Balaban J connectivity index is 1.60. The average molecular weight is 425 g/mol. The van der Waals surface area contributed by atoms with Gasteiger partial charge in [-0.15, -0.1) is 0 Å². The van der Waals surface area contributed by atoms with Crippen LogP contribution in [0, 0.1) is 5.82 Å². The summed E-state index contributed by atoms with van der Waals surface area (Å²) in [7, 11) is 0. The molecule has 0 aliphatic carbocycles. The van der Waals surface area contributed by atoms with Crippen LogP contribution in [-0.2, 0) is 9.53 Å². The van der Waals surface area contributed by atoms with Crippen molar-refractivity contribution in [3.63, 3.8) is 0 Å². The number of carbonyl (C=O) groups excluding carboxylic acids is 1. The molecule has 2 radical (unpaired) electrons. The normalized spacial score (nSPS) is 16.6. The maximum atomic E-state index is 14.2. The molecule has 5 nitrogen and oxygen atoms in total. The van der Waals surface area contributed by atoms with Crippen molar-refractivity contribution < 1.29 is 13.9 Å². The first kappa shape index (κ1) is 18.1. The summed E-state index contributed by atoms with van der Waals surface area (Å²) >= 11 is 2.41. The Labute approximate surface area is 164 Å². The number of nitrogens with one attached hydrogen (secondary N) is 1. The van der Waals surface area contributed by atoms with Gasteiger partial charge in [0.25, 0.3) is 0 Å². The molecule has 1 unspecified atom stereocenters. The van der Waals surface area contributed by atoms with Gasteiger partial charge in [-0.05, 0) is 6.42 Å².